The number of carboxylic acids is 1. The first-order valence-electron chi connectivity index (χ1n) is 6.80. The number of ether oxygens (including phenoxy) is 1. The quantitative estimate of drug-likeness (QED) is 0.758. The molecule has 0 aliphatic heterocycles. The SMILES string of the molecule is Cc1onc(-c2ccc(F)cn2)c1COc1cnc(C(=O)O)cn1. The van der Waals surface area contributed by atoms with E-state index in [0.29, 0.717) is 22.7 Å². The summed E-state index contributed by atoms with van der Waals surface area (Å²) in [6.45, 7) is 1.77. The van der Waals surface area contributed by atoms with Gasteiger partial charge in [-0.1, -0.05) is 5.16 Å². The highest BCUT2D eigenvalue weighted by atomic mass is 19.1. The van der Waals surface area contributed by atoms with E-state index in [2.05, 4.69) is 20.1 Å². The Morgan fingerprint density at radius 1 is 1.25 bits per heavy atom. The fourth-order valence-electron chi connectivity index (χ4n) is 1.93. The van der Waals surface area contributed by atoms with Crippen molar-refractivity contribution in [2.75, 3.05) is 0 Å². The molecule has 3 aromatic rings. The predicted octanol–water partition coefficient (Wildman–Crippen LogP) is 2.25. The molecule has 0 spiro atoms. The highest BCUT2D eigenvalue weighted by Crippen LogP contribution is 2.24. The standard InChI is InChI=1S/C15H11FN4O4/c1-8-10(7-23-13-6-18-12(5-19-13)15(21)22)14(20-24-8)11-3-2-9(16)4-17-11/h2-6H,7H2,1H3,(H,21,22). The van der Waals surface area contributed by atoms with Gasteiger partial charge in [0.05, 0.1) is 29.8 Å². The zero-order chi connectivity index (χ0) is 17.1. The van der Waals surface area contributed by atoms with Gasteiger partial charge in [-0.2, -0.15) is 0 Å². The smallest absolute Gasteiger partial charge is 0.356 e. The number of rotatable bonds is 5. The Labute approximate surface area is 134 Å². The second kappa shape index (κ2) is 6.41. The molecule has 3 aromatic heterocycles. The summed E-state index contributed by atoms with van der Waals surface area (Å²) in [6.07, 6.45) is 3.39. The number of hydrogen-bond acceptors (Lipinski definition) is 7. The van der Waals surface area contributed by atoms with Crippen LogP contribution in [-0.2, 0) is 6.61 Å². The summed E-state index contributed by atoms with van der Waals surface area (Å²) in [5.41, 5.74) is 1.32. The molecule has 0 aliphatic carbocycles. The minimum Gasteiger partial charge on any atom is -0.476 e. The van der Waals surface area contributed by atoms with Gasteiger partial charge in [0.15, 0.2) is 5.69 Å². The number of aryl methyl sites for hydroxylation is 1. The van der Waals surface area contributed by atoms with Gasteiger partial charge in [-0.15, -0.1) is 0 Å². The molecule has 1 N–H and O–H groups in total. The number of hydrogen-bond donors (Lipinski definition) is 1. The summed E-state index contributed by atoms with van der Waals surface area (Å²) in [4.78, 5) is 22.3. The lowest BCUT2D eigenvalue weighted by Gasteiger charge is -2.05. The van der Waals surface area contributed by atoms with Crippen molar-refractivity contribution in [2.24, 2.45) is 0 Å². The van der Waals surface area contributed by atoms with Gasteiger partial charge in [0.1, 0.15) is 23.9 Å². The number of halogens is 1. The van der Waals surface area contributed by atoms with E-state index in [1.807, 2.05) is 0 Å². The second-order valence-electron chi connectivity index (χ2n) is 4.76. The molecule has 122 valence electrons. The van der Waals surface area contributed by atoms with Crippen molar-refractivity contribution in [1.29, 1.82) is 0 Å². The van der Waals surface area contributed by atoms with Gasteiger partial charge in [0, 0.05) is 0 Å². The van der Waals surface area contributed by atoms with Crippen LogP contribution in [-0.4, -0.2) is 31.2 Å². The lowest BCUT2D eigenvalue weighted by atomic mass is 10.1. The summed E-state index contributed by atoms with van der Waals surface area (Å²) in [5, 5.41) is 12.7. The summed E-state index contributed by atoms with van der Waals surface area (Å²) in [7, 11) is 0. The Hall–Kier alpha value is -3.36. The van der Waals surface area contributed by atoms with Crippen LogP contribution in [0.3, 0.4) is 0 Å². The highest BCUT2D eigenvalue weighted by Gasteiger charge is 2.17. The van der Waals surface area contributed by atoms with E-state index in [9.17, 15) is 9.18 Å². The summed E-state index contributed by atoms with van der Waals surface area (Å²) in [6, 6.07) is 2.75. The molecule has 0 atom stereocenters. The van der Waals surface area contributed by atoms with Gasteiger partial charge in [0.25, 0.3) is 0 Å². The van der Waals surface area contributed by atoms with Gasteiger partial charge in [0.2, 0.25) is 5.88 Å². The Kier molecular flexibility index (Phi) is 4.15. The fraction of sp³-hybridized carbons (Fsp3) is 0.133. The normalized spacial score (nSPS) is 10.6. The monoisotopic (exact) mass is 330 g/mol. The highest BCUT2D eigenvalue weighted by molar-refractivity contribution is 5.84. The molecule has 0 fully saturated rings. The topological polar surface area (TPSA) is 111 Å². The van der Waals surface area contributed by atoms with Gasteiger partial charge < -0.3 is 14.4 Å². The number of nitrogens with zero attached hydrogens (tertiary/aromatic N) is 4. The molecule has 0 saturated carbocycles. The van der Waals surface area contributed by atoms with Crippen LogP contribution in [0.1, 0.15) is 21.8 Å². The van der Waals surface area contributed by atoms with Crippen molar-refractivity contribution < 1.29 is 23.6 Å². The van der Waals surface area contributed by atoms with E-state index >= 15 is 0 Å². The molecular formula is C15H11FN4O4. The zero-order valence-electron chi connectivity index (χ0n) is 12.4. The maximum Gasteiger partial charge on any atom is 0.356 e. The van der Waals surface area contributed by atoms with E-state index in [1.54, 1.807) is 6.92 Å². The lowest BCUT2D eigenvalue weighted by molar-refractivity contribution is 0.0689. The number of carboxylic acid groups (broad SMARTS) is 1. The van der Waals surface area contributed by atoms with Crippen LogP contribution in [0.15, 0.2) is 35.2 Å². The molecule has 8 nitrogen and oxygen atoms in total. The lowest BCUT2D eigenvalue weighted by Crippen LogP contribution is -2.04. The van der Waals surface area contributed by atoms with E-state index in [-0.39, 0.29) is 18.2 Å². The molecular weight excluding hydrogens is 319 g/mol. The molecule has 24 heavy (non-hydrogen) atoms. The summed E-state index contributed by atoms with van der Waals surface area (Å²) in [5.74, 6) is -0.955. The first-order valence-corrected chi connectivity index (χ1v) is 6.80. The average molecular weight is 330 g/mol. The van der Waals surface area contributed by atoms with Gasteiger partial charge in [-0.25, -0.2) is 19.2 Å². The van der Waals surface area contributed by atoms with E-state index in [1.165, 1.54) is 18.3 Å². The Morgan fingerprint density at radius 3 is 2.71 bits per heavy atom. The molecule has 0 radical (unpaired) electrons. The van der Waals surface area contributed by atoms with E-state index < -0.39 is 11.8 Å². The molecule has 3 rings (SSSR count). The minimum absolute atomic E-state index is 0.0603. The number of pyridine rings is 1. The van der Waals surface area contributed by atoms with Crippen LogP contribution in [0.5, 0.6) is 5.88 Å². The number of aromatic carboxylic acids is 1. The third kappa shape index (κ3) is 3.19. The maximum atomic E-state index is 13.0. The Bertz CT molecular complexity index is 862. The van der Waals surface area contributed by atoms with Crippen LogP contribution < -0.4 is 4.74 Å². The Morgan fingerprint density at radius 2 is 2.08 bits per heavy atom. The van der Waals surface area contributed by atoms with Crippen molar-refractivity contribution in [3.63, 3.8) is 0 Å². The Balaban J connectivity index is 1.79. The van der Waals surface area contributed by atoms with E-state index in [0.717, 1.165) is 12.4 Å². The van der Waals surface area contributed by atoms with Crippen LogP contribution in [0.2, 0.25) is 0 Å². The molecule has 9 heteroatoms. The van der Waals surface area contributed by atoms with Crippen LogP contribution in [0, 0.1) is 12.7 Å². The minimum atomic E-state index is -1.17. The first kappa shape index (κ1) is 15.5. The van der Waals surface area contributed by atoms with Gasteiger partial charge >= 0.3 is 5.97 Å². The summed E-state index contributed by atoms with van der Waals surface area (Å²) < 4.78 is 23.6. The van der Waals surface area contributed by atoms with Crippen LogP contribution in [0.4, 0.5) is 4.39 Å². The molecule has 0 saturated heterocycles. The van der Waals surface area contributed by atoms with Crippen molar-refractivity contribution in [3.05, 3.63) is 53.6 Å². The van der Waals surface area contributed by atoms with Crippen molar-refractivity contribution in [3.8, 4) is 17.3 Å². The number of aromatic nitrogens is 4. The van der Waals surface area contributed by atoms with Gasteiger partial charge in [-0.05, 0) is 19.1 Å². The molecule has 0 aromatic carbocycles. The molecule has 0 unspecified atom stereocenters. The second-order valence-corrected chi connectivity index (χ2v) is 4.76. The molecule has 0 bridgehead atoms. The zero-order valence-corrected chi connectivity index (χ0v) is 12.4. The van der Waals surface area contributed by atoms with Crippen LogP contribution >= 0.6 is 0 Å². The third-order valence-corrected chi connectivity index (χ3v) is 3.17. The first-order chi connectivity index (χ1) is 11.5. The molecule has 3 heterocycles. The molecule has 0 amide bonds. The van der Waals surface area contributed by atoms with Crippen molar-refractivity contribution in [1.82, 2.24) is 20.1 Å². The largest absolute Gasteiger partial charge is 0.476 e. The third-order valence-electron chi connectivity index (χ3n) is 3.17. The van der Waals surface area contributed by atoms with Crippen molar-refractivity contribution >= 4 is 5.97 Å². The van der Waals surface area contributed by atoms with Crippen molar-refractivity contribution in [2.45, 2.75) is 13.5 Å². The van der Waals surface area contributed by atoms with E-state index in [4.69, 9.17) is 14.4 Å². The predicted molar refractivity (Wildman–Crippen MR) is 77.8 cm³/mol. The fourth-order valence-corrected chi connectivity index (χ4v) is 1.93. The summed E-state index contributed by atoms with van der Waals surface area (Å²) >= 11 is 0. The van der Waals surface area contributed by atoms with Crippen LogP contribution in [0.25, 0.3) is 11.4 Å². The number of carbonyl (C=O) groups is 1. The maximum absolute atomic E-state index is 13.0. The van der Waals surface area contributed by atoms with Gasteiger partial charge in [-0.3, -0.25) is 4.98 Å². The molecule has 0 aliphatic rings. The average Bonchev–Trinajstić information content (AvgIpc) is 2.95.